The molecule has 0 spiro atoms. The maximum atomic E-state index is 12.7. The van der Waals surface area contributed by atoms with E-state index in [1.165, 1.54) is 141 Å². The predicted octanol–water partition coefficient (Wildman–Crippen LogP) is 12.0. The number of rotatable bonds is 16. The first-order valence-electron chi connectivity index (χ1n) is 46.1. The van der Waals surface area contributed by atoms with Gasteiger partial charge in [-0.1, -0.05) is 72.8 Å². The molecular weight excluding hydrogens is 1520 g/mol. The number of fused-ring (bicyclic) bond motifs is 8. The average molecular weight is 1650 g/mol. The van der Waals surface area contributed by atoms with Gasteiger partial charge in [0.05, 0.1) is 60.0 Å². The minimum atomic E-state index is 0.208. The van der Waals surface area contributed by atoms with Crippen LogP contribution in [-0.2, 0) is 96.7 Å². The summed E-state index contributed by atoms with van der Waals surface area (Å²) in [5.41, 5.74) is 26.0. The van der Waals surface area contributed by atoms with Gasteiger partial charge in [0.25, 0.3) is 0 Å². The minimum absolute atomic E-state index is 0.208. The van der Waals surface area contributed by atoms with E-state index in [-0.39, 0.29) is 23.6 Å². The summed E-state index contributed by atoms with van der Waals surface area (Å²) in [7, 11) is 13.0. The number of piperidine rings is 2. The number of amides is 4. The number of nitrogens with zero attached hydrogens (tertiary/aromatic N) is 14. The summed E-state index contributed by atoms with van der Waals surface area (Å²) in [6.45, 7) is 13.5. The number of carbonyl (C=O) groups is 4. The Morgan fingerprint density at radius 1 is 0.303 bits per heavy atom. The lowest BCUT2D eigenvalue weighted by molar-refractivity contribution is -0.121. The van der Waals surface area contributed by atoms with Gasteiger partial charge in [-0.3, -0.25) is 68.5 Å². The van der Waals surface area contributed by atoms with Crippen molar-refractivity contribution in [3.05, 3.63) is 236 Å². The van der Waals surface area contributed by atoms with Crippen molar-refractivity contribution in [2.45, 2.75) is 216 Å². The van der Waals surface area contributed by atoms with Crippen molar-refractivity contribution < 1.29 is 19.2 Å². The van der Waals surface area contributed by atoms with Crippen LogP contribution >= 0.6 is 0 Å². The van der Waals surface area contributed by atoms with Crippen molar-refractivity contribution in [3.63, 3.8) is 0 Å². The molecule has 4 aromatic heterocycles. The molecule has 8 atom stereocenters. The number of benzene rings is 4. The van der Waals surface area contributed by atoms with Crippen LogP contribution in [0.1, 0.15) is 204 Å². The van der Waals surface area contributed by atoms with Crippen molar-refractivity contribution in [3.8, 4) is 0 Å². The van der Waals surface area contributed by atoms with Crippen LogP contribution in [0.15, 0.2) is 146 Å². The molecule has 8 aliphatic heterocycles. The lowest BCUT2D eigenvalue weighted by Gasteiger charge is -2.38. The third-order valence-corrected chi connectivity index (χ3v) is 28.6. The second-order valence-corrected chi connectivity index (χ2v) is 36.9. The second kappa shape index (κ2) is 39.4. The lowest BCUT2D eigenvalue weighted by atomic mass is 9.89. The summed E-state index contributed by atoms with van der Waals surface area (Å²) in [6.07, 6.45) is 31.4. The van der Waals surface area contributed by atoms with Crippen molar-refractivity contribution in [1.82, 2.24) is 70.6 Å². The van der Waals surface area contributed by atoms with E-state index in [2.05, 4.69) is 200 Å². The topological polar surface area (TPSA) is 200 Å². The minimum Gasteiger partial charge on any atom is -0.312 e. The van der Waals surface area contributed by atoms with Gasteiger partial charge in [0.1, 0.15) is 0 Å². The maximum absolute atomic E-state index is 12.7. The second-order valence-electron chi connectivity index (χ2n) is 36.9. The highest BCUT2D eigenvalue weighted by atomic mass is 16.2. The van der Waals surface area contributed by atoms with Gasteiger partial charge in [0.15, 0.2) is 0 Å². The Hall–Kier alpha value is -9.04. The number of anilines is 4. The van der Waals surface area contributed by atoms with Crippen LogP contribution in [0, 0.1) is 0 Å². The molecule has 12 aliphatic rings. The van der Waals surface area contributed by atoms with E-state index in [9.17, 15) is 19.2 Å². The maximum Gasteiger partial charge on any atom is 0.241 e. The first kappa shape index (κ1) is 85.1. The van der Waals surface area contributed by atoms with Crippen molar-refractivity contribution >= 4 is 46.4 Å². The van der Waals surface area contributed by atoms with Gasteiger partial charge < -0.3 is 40.9 Å². The van der Waals surface area contributed by atoms with E-state index < -0.39 is 0 Å². The van der Waals surface area contributed by atoms with E-state index in [1.807, 2.05) is 58.5 Å². The van der Waals surface area contributed by atoms with Gasteiger partial charge in [-0.2, -0.15) is 0 Å². The molecule has 22 heteroatoms. The van der Waals surface area contributed by atoms with Crippen LogP contribution in [0.5, 0.6) is 0 Å². The Bertz CT molecular complexity index is 4690. The number of likely N-dealkylation sites (N-methyl/N-ethyl adjacent to an activating group) is 6. The molecule has 0 unspecified atom stereocenters. The Kier molecular flexibility index (Phi) is 27.5. The number of pyridine rings is 4. The Morgan fingerprint density at radius 2 is 0.566 bits per heavy atom. The smallest absolute Gasteiger partial charge is 0.241 e. The first-order valence-corrected chi connectivity index (χ1v) is 46.1. The number of nitrogens with one attached hydrogen (secondary N) is 4. The molecule has 22 nitrogen and oxygen atoms in total. The summed E-state index contributed by atoms with van der Waals surface area (Å²) in [6, 6.07) is 46.1. The fourth-order valence-electron chi connectivity index (χ4n) is 22.1. The normalized spacial score (nSPS) is 24.1. The third-order valence-electron chi connectivity index (χ3n) is 28.6. The molecule has 12 heterocycles. The first-order chi connectivity index (χ1) is 59.6. The molecule has 644 valence electrons. The Labute approximate surface area is 724 Å². The number of aryl methyl sites for hydroxylation is 4. The molecule has 0 saturated carbocycles. The quantitative estimate of drug-likeness (QED) is 0.0711. The molecule has 4 aromatic carbocycles. The summed E-state index contributed by atoms with van der Waals surface area (Å²) in [5.74, 6) is 0.983. The molecule has 8 aromatic rings. The van der Waals surface area contributed by atoms with Crippen LogP contribution in [0.3, 0.4) is 0 Å². The van der Waals surface area contributed by atoms with Gasteiger partial charge in [0.2, 0.25) is 23.6 Å². The molecule has 122 heavy (non-hydrogen) atoms. The number of hydrogen-bond acceptors (Lipinski definition) is 18. The number of carbonyl (C=O) groups excluding carboxylic acids is 4. The van der Waals surface area contributed by atoms with E-state index >= 15 is 0 Å². The van der Waals surface area contributed by atoms with Crippen LogP contribution in [0.4, 0.5) is 22.7 Å². The van der Waals surface area contributed by atoms with E-state index in [1.54, 1.807) is 0 Å². The number of piperazine rings is 2. The predicted molar refractivity (Wildman–Crippen MR) is 485 cm³/mol. The monoisotopic (exact) mass is 1650 g/mol. The van der Waals surface area contributed by atoms with Crippen molar-refractivity contribution in [2.75, 3.05) is 140 Å². The molecule has 4 saturated heterocycles. The van der Waals surface area contributed by atoms with Crippen LogP contribution in [0.2, 0.25) is 0 Å². The standard InChI is InChI=1S/2C25H33N5O.2C25H32N4O/c2*1-28-12-13-30(24(31)17-28)22-9-4-7-19-15-27-20(14-21(19)22)16-29(2)23-10-3-6-18-8-5-11-26-25(18)23;2*1-28(23-11-4-7-18-9-6-13-26-25(18)23)17-20-15-21-19(16-27-20)8-5-10-22(21)29-14-3-2-12-24(29)30/h2*4-5,7-9,11,20,23,27H,3,6,10,12-17H2,1-2H3;2*5-6,8-10,13,20,23,27H,2-4,7,11-12,14-17H2,1H3/t20-,23+;20-,23-;20-,23+;20-,23-/m1010/s1. The van der Waals surface area contributed by atoms with Crippen LogP contribution in [0.25, 0.3) is 0 Å². The summed E-state index contributed by atoms with van der Waals surface area (Å²) < 4.78 is 0. The Balaban J connectivity index is 0.000000116. The van der Waals surface area contributed by atoms with E-state index in [0.29, 0.717) is 74.3 Å². The van der Waals surface area contributed by atoms with Gasteiger partial charge >= 0.3 is 0 Å². The summed E-state index contributed by atoms with van der Waals surface area (Å²) in [4.78, 5) is 91.7. The highest BCUT2D eigenvalue weighted by Crippen LogP contribution is 2.41. The molecule has 20 rings (SSSR count). The SMILES string of the molecule is CN(C[C@@H]1Cc2c(cccc2N2CCCCC2=O)CN1)[C@H]1CCCc2cccnc21.CN(C[C@H]1Cc2c(cccc2N2CCCCC2=O)CN1)[C@H]1CCCc2cccnc21.CN1CCN(c2cccc3c2C[C@@H](CN(C)[C@H]2CCCc4cccnc42)NC3)C(=O)C1.CN1CCN(c2cccc3c2C[C@H](CN(C)[C@H]2CCCc4cccnc42)NC3)C(=O)C1. The fraction of sp³-hybridized carbons (Fsp3) is 0.520. The zero-order chi connectivity index (χ0) is 83.7. The highest BCUT2D eigenvalue weighted by molar-refractivity contribution is 5.98. The number of aromatic nitrogens is 4. The Morgan fingerprint density at radius 3 is 0.828 bits per heavy atom. The van der Waals surface area contributed by atoms with Crippen LogP contribution in [-0.4, -0.2) is 218 Å². The molecule has 4 N–H and O–H groups in total. The zero-order valence-corrected chi connectivity index (χ0v) is 73.2. The molecule has 4 aliphatic carbocycles. The molecule has 0 radical (unpaired) electrons. The largest absolute Gasteiger partial charge is 0.312 e. The molecule has 0 bridgehead atoms. The van der Waals surface area contributed by atoms with E-state index in [4.69, 9.17) is 19.9 Å². The summed E-state index contributed by atoms with van der Waals surface area (Å²) >= 11 is 0. The van der Waals surface area contributed by atoms with Gasteiger partial charge in [-0.25, -0.2) is 0 Å². The highest BCUT2D eigenvalue weighted by Gasteiger charge is 2.38. The average Bonchev–Trinajstić information content (AvgIpc) is 0.789. The van der Waals surface area contributed by atoms with Gasteiger partial charge in [-0.05, 0) is 286 Å². The summed E-state index contributed by atoms with van der Waals surface area (Å²) in [5, 5.41) is 15.0. The third kappa shape index (κ3) is 19.4. The van der Waals surface area contributed by atoms with Gasteiger partial charge in [0, 0.05) is 176 Å². The van der Waals surface area contributed by atoms with Gasteiger partial charge in [-0.15, -0.1) is 0 Å². The lowest BCUT2D eigenvalue weighted by Crippen LogP contribution is -2.50. The van der Waals surface area contributed by atoms with Crippen LogP contribution < -0.4 is 40.9 Å². The molecular formula is C100H130N18O4. The van der Waals surface area contributed by atoms with Crippen molar-refractivity contribution in [2.24, 2.45) is 0 Å². The molecule has 4 amide bonds. The zero-order valence-electron chi connectivity index (χ0n) is 73.2. The van der Waals surface area contributed by atoms with Crippen molar-refractivity contribution in [1.29, 1.82) is 0 Å². The number of hydrogen-bond donors (Lipinski definition) is 4. The fourth-order valence-corrected chi connectivity index (χ4v) is 22.1. The van der Waals surface area contributed by atoms with E-state index in [0.717, 1.165) is 191 Å². The molecule has 4 fully saturated rings.